The van der Waals surface area contributed by atoms with E-state index < -0.39 is 0 Å². The number of aryl methyl sites for hydroxylation is 2. The summed E-state index contributed by atoms with van der Waals surface area (Å²) in [5.41, 5.74) is 1.85. The van der Waals surface area contributed by atoms with Gasteiger partial charge in [-0.1, -0.05) is 19.1 Å². The smallest absolute Gasteiger partial charge is 0.258 e. The molecule has 1 fully saturated rings. The average Bonchev–Trinajstić information content (AvgIpc) is 2.96. The second-order valence-corrected chi connectivity index (χ2v) is 5.95. The van der Waals surface area contributed by atoms with Gasteiger partial charge in [-0.25, -0.2) is 4.68 Å². The molecule has 2 N–H and O–H groups in total. The molecule has 0 aliphatic carbocycles. The summed E-state index contributed by atoms with van der Waals surface area (Å²) in [5.74, 6) is 1.55. The summed E-state index contributed by atoms with van der Waals surface area (Å²) in [4.78, 5) is 16.9. The fraction of sp³-hybridized carbons (Fsp3) is 0.471. The number of piperidine rings is 1. The van der Waals surface area contributed by atoms with Gasteiger partial charge in [-0.15, -0.1) is 0 Å². The van der Waals surface area contributed by atoms with Gasteiger partial charge in [-0.2, -0.15) is 10.1 Å². The molecule has 0 radical (unpaired) electrons. The van der Waals surface area contributed by atoms with Gasteiger partial charge in [0.15, 0.2) is 5.82 Å². The van der Waals surface area contributed by atoms with E-state index in [2.05, 4.69) is 27.6 Å². The van der Waals surface area contributed by atoms with Crippen molar-refractivity contribution in [2.75, 3.05) is 18.4 Å². The molecule has 1 amide bonds. The van der Waals surface area contributed by atoms with Crippen LogP contribution in [-0.4, -0.2) is 33.8 Å². The highest BCUT2D eigenvalue weighted by Crippen LogP contribution is 2.23. The number of carbonyl (C=O) groups excluding carboxylic acids is 1. The Bertz CT molecular complexity index is 671. The highest BCUT2D eigenvalue weighted by Gasteiger charge is 2.21. The van der Waals surface area contributed by atoms with E-state index in [0.717, 1.165) is 38.2 Å². The van der Waals surface area contributed by atoms with Crippen molar-refractivity contribution in [3.05, 3.63) is 41.2 Å². The quantitative estimate of drug-likeness (QED) is 0.907. The van der Waals surface area contributed by atoms with Gasteiger partial charge in [-0.3, -0.25) is 10.1 Å². The normalized spacial score (nSPS) is 15.6. The van der Waals surface area contributed by atoms with Crippen molar-refractivity contribution in [2.24, 2.45) is 7.05 Å². The zero-order chi connectivity index (χ0) is 16.2. The summed E-state index contributed by atoms with van der Waals surface area (Å²) in [5, 5.41) is 10.7. The third-order valence-corrected chi connectivity index (χ3v) is 4.33. The standard InChI is InChI=1S/C17H23N5O/c1-3-12-4-6-14(7-5-12)16(23)20-17-19-15(21-22(17)2)13-8-10-18-11-9-13/h4-7,13,18H,3,8-11H2,1-2H3,(H,19,20,21,23). The first-order valence-corrected chi connectivity index (χ1v) is 8.19. The van der Waals surface area contributed by atoms with Crippen LogP contribution in [0.5, 0.6) is 0 Å². The number of nitrogens with one attached hydrogen (secondary N) is 2. The van der Waals surface area contributed by atoms with Gasteiger partial charge in [0.1, 0.15) is 0 Å². The van der Waals surface area contributed by atoms with E-state index in [1.54, 1.807) is 4.68 Å². The van der Waals surface area contributed by atoms with Crippen LogP contribution in [0.1, 0.15) is 47.4 Å². The molecule has 0 unspecified atom stereocenters. The average molecular weight is 313 g/mol. The fourth-order valence-corrected chi connectivity index (χ4v) is 2.83. The lowest BCUT2D eigenvalue weighted by atomic mass is 9.98. The van der Waals surface area contributed by atoms with Gasteiger partial charge in [0.2, 0.25) is 5.95 Å². The Morgan fingerprint density at radius 3 is 2.65 bits per heavy atom. The molecule has 2 heterocycles. The van der Waals surface area contributed by atoms with Crippen molar-refractivity contribution in [1.29, 1.82) is 0 Å². The Balaban J connectivity index is 1.71. The molecule has 2 aromatic rings. The molecule has 1 aromatic heterocycles. The number of anilines is 1. The Morgan fingerprint density at radius 1 is 1.30 bits per heavy atom. The first-order chi connectivity index (χ1) is 11.2. The second-order valence-electron chi connectivity index (χ2n) is 5.95. The summed E-state index contributed by atoms with van der Waals surface area (Å²) in [6.07, 6.45) is 3.04. The lowest BCUT2D eigenvalue weighted by molar-refractivity contribution is 0.102. The van der Waals surface area contributed by atoms with Crippen LogP contribution in [0.25, 0.3) is 0 Å². The summed E-state index contributed by atoms with van der Waals surface area (Å²) in [6, 6.07) is 7.65. The summed E-state index contributed by atoms with van der Waals surface area (Å²) in [7, 11) is 1.81. The number of amides is 1. The van der Waals surface area contributed by atoms with Crippen LogP contribution in [0.3, 0.4) is 0 Å². The maximum atomic E-state index is 12.3. The van der Waals surface area contributed by atoms with Crippen molar-refractivity contribution in [2.45, 2.75) is 32.1 Å². The topological polar surface area (TPSA) is 71.8 Å². The first-order valence-electron chi connectivity index (χ1n) is 8.19. The Labute approximate surface area is 136 Å². The first kappa shape index (κ1) is 15.7. The lowest BCUT2D eigenvalue weighted by Crippen LogP contribution is -2.27. The minimum atomic E-state index is -0.153. The van der Waals surface area contributed by atoms with Gasteiger partial charge in [0.05, 0.1) is 0 Å². The Morgan fingerprint density at radius 2 is 2.00 bits per heavy atom. The molecule has 1 aliphatic heterocycles. The van der Waals surface area contributed by atoms with Crippen molar-refractivity contribution in [3.63, 3.8) is 0 Å². The number of hydrogen-bond acceptors (Lipinski definition) is 4. The maximum absolute atomic E-state index is 12.3. The predicted octanol–water partition coefficient (Wildman–Crippen LogP) is 2.10. The van der Waals surface area contributed by atoms with E-state index in [4.69, 9.17) is 0 Å². The molecular weight excluding hydrogens is 290 g/mol. The number of benzene rings is 1. The third kappa shape index (κ3) is 3.59. The van der Waals surface area contributed by atoms with E-state index >= 15 is 0 Å². The third-order valence-electron chi connectivity index (χ3n) is 4.33. The molecule has 23 heavy (non-hydrogen) atoms. The van der Waals surface area contributed by atoms with Gasteiger partial charge >= 0.3 is 0 Å². The summed E-state index contributed by atoms with van der Waals surface area (Å²) < 4.78 is 1.65. The highest BCUT2D eigenvalue weighted by molar-refractivity contribution is 6.03. The number of aromatic nitrogens is 3. The molecule has 6 nitrogen and oxygen atoms in total. The van der Waals surface area contributed by atoms with Gasteiger partial charge in [-0.05, 0) is 50.0 Å². The largest absolute Gasteiger partial charge is 0.317 e. The highest BCUT2D eigenvalue weighted by atomic mass is 16.1. The van der Waals surface area contributed by atoms with Gasteiger partial charge in [0.25, 0.3) is 5.91 Å². The number of rotatable bonds is 4. The van der Waals surface area contributed by atoms with Crippen molar-refractivity contribution < 1.29 is 4.79 Å². The van der Waals surface area contributed by atoms with Crippen LogP contribution >= 0.6 is 0 Å². The lowest BCUT2D eigenvalue weighted by Gasteiger charge is -2.19. The molecule has 1 saturated heterocycles. The Hall–Kier alpha value is -2.21. The minimum Gasteiger partial charge on any atom is -0.317 e. The maximum Gasteiger partial charge on any atom is 0.258 e. The van der Waals surface area contributed by atoms with Crippen LogP contribution < -0.4 is 10.6 Å². The second kappa shape index (κ2) is 6.91. The van der Waals surface area contributed by atoms with Gasteiger partial charge < -0.3 is 5.32 Å². The van der Waals surface area contributed by atoms with E-state index in [0.29, 0.717) is 17.4 Å². The zero-order valence-electron chi connectivity index (χ0n) is 13.7. The summed E-state index contributed by atoms with van der Waals surface area (Å²) >= 11 is 0. The molecule has 0 bridgehead atoms. The van der Waals surface area contributed by atoms with Crippen LogP contribution in [0.2, 0.25) is 0 Å². The van der Waals surface area contributed by atoms with Crippen LogP contribution in [0.4, 0.5) is 5.95 Å². The number of carbonyl (C=O) groups is 1. The number of hydrogen-bond donors (Lipinski definition) is 2. The van der Waals surface area contributed by atoms with Crippen molar-refractivity contribution in [1.82, 2.24) is 20.1 Å². The Kier molecular flexibility index (Phi) is 4.71. The van der Waals surface area contributed by atoms with Crippen molar-refractivity contribution >= 4 is 11.9 Å². The molecule has 1 aliphatic rings. The molecule has 3 rings (SSSR count). The van der Waals surface area contributed by atoms with Crippen LogP contribution in [0.15, 0.2) is 24.3 Å². The fourth-order valence-electron chi connectivity index (χ4n) is 2.83. The van der Waals surface area contributed by atoms with Crippen molar-refractivity contribution in [3.8, 4) is 0 Å². The molecule has 0 spiro atoms. The SMILES string of the molecule is CCc1ccc(C(=O)Nc2nc(C3CCNCC3)nn2C)cc1. The monoisotopic (exact) mass is 313 g/mol. The predicted molar refractivity (Wildman–Crippen MR) is 89.6 cm³/mol. The van der Waals surface area contributed by atoms with E-state index in [9.17, 15) is 4.79 Å². The molecular formula is C17H23N5O. The van der Waals surface area contributed by atoms with Gasteiger partial charge in [0, 0.05) is 18.5 Å². The van der Waals surface area contributed by atoms with E-state index in [-0.39, 0.29) is 5.91 Å². The van der Waals surface area contributed by atoms with E-state index in [1.165, 1.54) is 5.56 Å². The molecule has 1 aromatic carbocycles. The summed E-state index contributed by atoms with van der Waals surface area (Å²) in [6.45, 7) is 4.08. The van der Waals surface area contributed by atoms with E-state index in [1.807, 2.05) is 31.3 Å². The minimum absolute atomic E-state index is 0.153. The van der Waals surface area contributed by atoms with Crippen LogP contribution in [0, 0.1) is 0 Å². The molecule has 122 valence electrons. The molecule has 0 saturated carbocycles. The zero-order valence-corrected chi connectivity index (χ0v) is 13.7. The molecule has 0 atom stereocenters. The number of nitrogens with zero attached hydrogens (tertiary/aromatic N) is 3. The molecule has 6 heteroatoms. The van der Waals surface area contributed by atoms with Crippen LogP contribution in [-0.2, 0) is 13.5 Å².